The van der Waals surface area contributed by atoms with Crippen molar-refractivity contribution >= 4 is 0 Å². The second-order valence-electron chi connectivity index (χ2n) is 5.47. The third-order valence-corrected chi connectivity index (χ3v) is 3.83. The Kier molecular flexibility index (Phi) is 3.65. The Morgan fingerprint density at radius 1 is 1.21 bits per heavy atom. The summed E-state index contributed by atoms with van der Waals surface area (Å²) in [6.07, 6.45) is 4.38. The van der Waals surface area contributed by atoms with Gasteiger partial charge in [-0.25, -0.2) is 4.98 Å². The summed E-state index contributed by atoms with van der Waals surface area (Å²) >= 11 is 0. The lowest BCUT2D eigenvalue weighted by molar-refractivity contribution is 0.183. The second kappa shape index (κ2) is 5.57. The zero-order valence-corrected chi connectivity index (χ0v) is 11.4. The van der Waals surface area contributed by atoms with Gasteiger partial charge in [0.15, 0.2) is 0 Å². The van der Waals surface area contributed by atoms with E-state index in [1.807, 2.05) is 30.3 Å². The van der Waals surface area contributed by atoms with Crippen LogP contribution in [-0.2, 0) is 6.54 Å². The molecule has 1 aliphatic rings. The fourth-order valence-electron chi connectivity index (χ4n) is 2.54. The fraction of sp³-hybridized carbons (Fsp3) is 0.438. The molecule has 1 aromatic heterocycles. The van der Waals surface area contributed by atoms with Crippen LogP contribution in [0.4, 0.5) is 0 Å². The first-order valence-corrected chi connectivity index (χ1v) is 7.03. The van der Waals surface area contributed by atoms with E-state index in [4.69, 9.17) is 4.42 Å². The van der Waals surface area contributed by atoms with Crippen molar-refractivity contribution in [1.29, 1.82) is 0 Å². The maximum Gasteiger partial charge on any atom is 0.226 e. The van der Waals surface area contributed by atoms with Crippen LogP contribution in [-0.4, -0.2) is 23.0 Å². The van der Waals surface area contributed by atoms with Crippen molar-refractivity contribution in [3.8, 4) is 11.5 Å². The van der Waals surface area contributed by atoms with E-state index in [1.54, 1.807) is 6.26 Å². The van der Waals surface area contributed by atoms with Crippen molar-refractivity contribution in [2.45, 2.75) is 26.3 Å². The summed E-state index contributed by atoms with van der Waals surface area (Å²) in [4.78, 5) is 7.05. The zero-order valence-electron chi connectivity index (χ0n) is 11.4. The summed E-state index contributed by atoms with van der Waals surface area (Å²) in [6.45, 7) is 5.59. The zero-order chi connectivity index (χ0) is 13.1. The van der Waals surface area contributed by atoms with E-state index in [1.165, 1.54) is 25.9 Å². The summed E-state index contributed by atoms with van der Waals surface area (Å²) in [5.74, 6) is 1.59. The third kappa shape index (κ3) is 3.04. The Hall–Kier alpha value is -1.61. The van der Waals surface area contributed by atoms with Gasteiger partial charge in [0.1, 0.15) is 6.26 Å². The van der Waals surface area contributed by atoms with Crippen molar-refractivity contribution in [2.75, 3.05) is 13.1 Å². The fourth-order valence-corrected chi connectivity index (χ4v) is 2.54. The van der Waals surface area contributed by atoms with Crippen LogP contribution in [0.25, 0.3) is 11.5 Å². The molecule has 0 saturated carbocycles. The van der Waals surface area contributed by atoms with Gasteiger partial charge in [0.05, 0.1) is 5.69 Å². The van der Waals surface area contributed by atoms with Gasteiger partial charge in [0.2, 0.25) is 5.89 Å². The van der Waals surface area contributed by atoms with Gasteiger partial charge in [-0.15, -0.1) is 0 Å². The summed E-state index contributed by atoms with van der Waals surface area (Å²) in [5.41, 5.74) is 2.08. The van der Waals surface area contributed by atoms with Gasteiger partial charge in [-0.05, 0) is 44.0 Å². The molecule has 1 fully saturated rings. The molecule has 3 rings (SSSR count). The number of rotatable bonds is 3. The van der Waals surface area contributed by atoms with E-state index in [9.17, 15) is 0 Å². The molecule has 0 radical (unpaired) electrons. The molecule has 0 amide bonds. The maximum absolute atomic E-state index is 5.58. The molecule has 100 valence electrons. The molecule has 3 nitrogen and oxygen atoms in total. The Labute approximate surface area is 114 Å². The minimum absolute atomic E-state index is 0.723. The molecule has 1 saturated heterocycles. The highest BCUT2D eigenvalue weighted by Gasteiger charge is 2.17. The lowest BCUT2D eigenvalue weighted by atomic mass is 9.99. The molecule has 0 aliphatic carbocycles. The summed E-state index contributed by atoms with van der Waals surface area (Å²) in [5, 5.41) is 0. The molecule has 2 heterocycles. The highest BCUT2D eigenvalue weighted by molar-refractivity contribution is 5.52. The predicted molar refractivity (Wildman–Crippen MR) is 75.6 cm³/mol. The van der Waals surface area contributed by atoms with Crippen LogP contribution in [0.3, 0.4) is 0 Å². The first-order valence-electron chi connectivity index (χ1n) is 7.03. The predicted octanol–water partition coefficient (Wildman–Crippen LogP) is 3.57. The molecule has 0 bridgehead atoms. The van der Waals surface area contributed by atoms with Crippen LogP contribution < -0.4 is 0 Å². The first kappa shape index (κ1) is 12.4. The van der Waals surface area contributed by atoms with Crippen LogP contribution in [0, 0.1) is 5.92 Å². The first-order chi connectivity index (χ1) is 9.31. The normalized spacial score (nSPS) is 17.7. The van der Waals surface area contributed by atoms with E-state index in [0.717, 1.165) is 29.6 Å². The molecular weight excluding hydrogens is 236 g/mol. The Bertz CT molecular complexity index is 513. The number of piperidine rings is 1. The van der Waals surface area contributed by atoms with Crippen LogP contribution in [0.1, 0.15) is 25.5 Å². The topological polar surface area (TPSA) is 29.3 Å². The highest BCUT2D eigenvalue weighted by Crippen LogP contribution is 2.21. The van der Waals surface area contributed by atoms with Crippen LogP contribution in [0.5, 0.6) is 0 Å². The largest absolute Gasteiger partial charge is 0.444 e. The number of likely N-dealkylation sites (tertiary alicyclic amines) is 1. The van der Waals surface area contributed by atoms with Gasteiger partial charge in [-0.3, -0.25) is 4.90 Å². The van der Waals surface area contributed by atoms with E-state index in [-0.39, 0.29) is 0 Å². The Morgan fingerprint density at radius 2 is 1.95 bits per heavy atom. The monoisotopic (exact) mass is 256 g/mol. The lowest BCUT2D eigenvalue weighted by Gasteiger charge is -2.29. The molecule has 1 aliphatic heterocycles. The Morgan fingerprint density at radius 3 is 2.68 bits per heavy atom. The van der Waals surface area contributed by atoms with Crippen LogP contribution in [0.15, 0.2) is 41.0 Å². The summed E-state index contributed by atoms with van der Waals surface area (Å²) in [7, 11) is 0. The quantitative estimate of drug-likeness (QED) is 0.840. The minimum Gasteiger partial charge on any atom is -0.444 e. The highest BCUT2D eigenvalue weighted by atomic mass is 16.3. The number of nitrogens with zero attached hydrogens (tertiary/aromatic N) is 2. The SMILES string of the molecule is CC1CCN(Cc2coc(-c3ccccc3)n2)CC1. The van der Waals surface area contributed by atoms with E-state index < -0.39 is 0 Å². The van der Waals surface area contributed by atoms with Gasteiger partial charge >= 0.3 is 0 Å². The molecule has 2 aromatic rings. The van der Waals surface area contributed by atoms with Gasteiger partial charge in [0.25, 0.3) is 0 Å². The lowest BCUT2D eigenvalue weighted by Crippen LogP contribution is -2.32. The van der Waals surface area contributed by atoms with Gasteiger partial charge in [-0.2, -0.15) is 0 Å². The number of benzene rings is 1. The van der Waals surface area contributed by atoms with Crippen molar-refractivity contribution in [3.63, 3.8) is 0 Å². The maximum atomic E-state index is 5.58. The number of aromatic nitrogens is 1. The molecule has 3 heteroatoms. The molecular formula is C16H20N2O. The molecule has 0 unspecified atom stereocenters. The number of oxazole rings is 1. The Balaban J connectivity index is 1.65. The smallest absolute Gasteiger partial charge is 0.226 e. The minimum atomic E-state index is 0.723. The van der Waals surface area contributed by atoms with Crippen LogP contribution >= 0.6 is 0 Å². The molecule has 0 atom stereocenters. The van der Waals surface area contributed by atoms with Crippen molar-refractivity contribution in [3.05, 3.63) is 42.3 Å². The van der Waals surface area contributed by atoms with Crippen molar-refractivity contribution in [1.82, 2.24) is 9.88 Å². The average molecular weight is 256 g/mol. The van der Waals surface area contributed by atoms with Crippen molar-refractivity contribution in [2.24, 2.45) is 5.92 Å². The van der Waals surface area contributed by atoms with E-state index in [2.05, 4.69) is 16.8 Å². The average Bonchev–Trinajstić information content (AvgIpc) is 2.91. The summed E-state index contributed by atoms with van der Waals surface area (Å²) in [6, 6.07) is 10.1. The summed E-state index contributed by atoms with van der Waals surface area (Å²) < 4.78 is 5.58. The molecule has 1 aromatic carbocycles. The molecule has 0 N–H and O–H groups in total. The number of hydrogen-bond donors (Lipinski definition) is 0. The second-order valence-corrected chi connectivity index (χ2v) is 5.47. The van der Waals surface area contributed by atoms with Crippen LogP contribution in [0.2, 0.25) is 0 Å². The molecule has 0 spiro atoms. The standard InChI is InChI=1S/C16H20N2O/c1-13-7-9-18(10-8-13)11-15-12-19-16(17-15)14-5-3-2-4-6-14/h2-6,12-13H,7-11H2,1H3. The third-order valence-electron chi connectivity index (χ3n) is 3.83. The van der Waals surface area contributed by atoms with Gasteiger partial charge in [-0.1, -0.05) is 25.1 Å². The van der Waals surface area contributed by atoms with E-state index in [0.29, 0.717) is 0 Å². The van der Waals surface area contributed by atoms with Gasteiger partial charge in [0, 0.05) is 12.1 Å². The van der Waals surface area contributed by atoms with Gasteiger partial charge < -0.3 is 4.42 Å². The number of hydrogen-bond acceptors (Lipinski definition) is 3. The van der Waals surface area contributed by atoms with E-state index >= 15 is 0 Å². The van der Waals surface area contributed by atoms with Crippen molar-refractivity contribution < 1.29 is 4.42 Å². The molecule has 19 heavy (non-hydrogen) atoms.